The number of rotatable bonds is 3. The van der Waals surface area contributed by atoms with Gasteiger partial charge in [0.15, 0.2) is 0 Å². The number of ether oxygens (including phenoxy) is 1. The number of methoxy groups -OCH3 is 1. The van der Waals surface area contributed by atoms with Gasteiger partial charge in [-0.15, -0.1) is 0 Å². The van der Waals surface area contributed by atoms with Crippen molar-refractivity contribution in [2.45, 2.75) is 6.42 Å². The van der Waals surface area contributed by atoms with E-state index in [0.717, 1.165) is 6.07 Å². The summed E-state index contributed by atoms with van der Waals surface area (Å²) in [5, 5.41) is 0. The summed E-state index contributed by atoms with van der Waals surface area (Å²) in [4.78, 5) is 0. The average molecular weight is 204 g/mol. The van der Waals surface area contributed by atoms with Gasteiger partial charge in [-0.25, -0.2) is 8.78 Å². The number of hydrogen-bond donors (Lipinski definition) is 1. The van der Waals surface area contributed by atoms with Crippen molar-refractivity contribution in [2.75, 3.05) is 12.9 Å². The molecule has 0 spiro atoms. The Hall–Kier alpha value is -0.770. The van der Waals surface area contributed by atoms with E-state index in [4.69, 9.17) is 4.74 Å². The molecular formula is C9H10F2OS. The third-order valence-electron chi connectivity index (χ3n) is 1.70. The minimum atomic E-state index is -0.628. The lowest BCUT2D eigenvalue weighted by molar-refractivity contribution is 0.400. The fourth-order valence-corrected chi connectivity index (χ4v) is 1.34. The molecule has 0 unspecified atom stereocenters. The first-order chi connectivity index (χ1) is 6.19. The van der Waals surface area contributed by atoms with Gasteiger partial charge in [-0.2, -0.15) is 12.6 Å². The highest BCUT2D eigenvalue weighted by Gasteiger charge is 2.10. The lowest BCUT2D eigenvalue weighted by Gasteiger charge is -2.08. The quantitative estimate of drug-likeness (QED) is 0.744. The third-order valence-corrected chi connectivity index (χ3v) is 1.92. The summed E-state index contributed by atoms with van der Waals surface area (Å²) in [6, 6.07) is 2.02. The standard InChI is InChI=1S/C9H10F2OS/c1-12-9-5-6(10)4-8(11)7(9)2-3-13/h4-5,13H,2-3H2,1H3. The van der Waals surface area contributed by atoms with E-state index in [2.05, 4.69) is 12.6 Å². The summed E-state index contributed by atoms with van der Waals surface area (Å²) in [5.41, 5.74) is 0.374. The molecule has 1 nitrogen and oxygen atoms in total. The topological polar surface area (TPSA) is 9.23 Å². The normalized spacial score (nSPS) is 10.2. The molecule has 0 aliphatic carbocycles. The van der Waals surface area contributed by atoms with Crippen LogP contribution in [0.4, 0.5) is 8.78 Å². The molecule has 0 amide bonds. The fraction of sp³-hybridized carbons (Fsp3) is 0.333. The first-order valence-electron chi connectivity index (χ1n) is 3.81. The molecule has 0 N–H and O–H groups in total. The van der Waals surface area contributed by atoms with Crippen molar-refractivity contribution < 1.29 is 13.5 Å². The second kappa shape index (κ2) is 4.46. The van der Waals surface area contributed by atoms with Crippen LogP contribution in [0, 0.1) is 11.6 Å². The van der Waals surface area contributed by atoms with Crippen molar-refractivity contribution in [3.8, 4) is 5.75 Å². The van der Waals surface area contributed by atoms with Gasteiger partial charge in [0.2, 0.25) is 0 Å². The van der Waals surface area contributed by atoms with Gasteiger partial charge in [0.1, 0.15) is 17.4 Å². The Bertz CT molecular complexity index is 302. The highest BCUT2D eigenvalue weighted by Crippen LogP contribution is 2.23. The highest BCUT2D eigenvalue weighted by atomic mass is 32.1. The van der Waals surface area contributed by atoms with Crippen molar-refractivity contribution in [2.24, 2.45) is 0 Å². The van der Waals surface area contributed by atoms with E-state index in [0.29, 0.717) is 17.7 Å². The van der Waals surface area contributed by atoms with E-state index in [1.165, 1.54) is 13.2 Å². The summed E-state index contributed by atoms with van der Waals surface area (Å²) in [7, 11) is 1.39. The van der Waals surface area contributed by atoms with Crippen LogP contribution in [0.5, 0.6) is 5.75 Å². The molecule has 0 saturated carbocycles. The van der Waals surface area contributed by atoms with E-state index in [-0.39, 0.29) is 5.75 Å². The van der Waals surface area contributed by atoms with E-state index in [1.54, 1.807) is 0 Å². The Labute approximate surface area is 81.1 Å². The maximum atomic E-state index is 13.1. The van der Waals surface area contributed by atoms with E-state index in [9.17, 15) is 8.78 Å². The molecular weight excluding hydrogens is 194 g/mol. The molecule has 0 bridgehead atoms. The molecule has 1 rings (SSSR count). The van der Waals surface area contributed by atoms with Crippen molar-refractivity contribution in [3.05, 3.63) is 29.3 Å². The fourth-order valence-electron chi connectivity index (χ4n) is 1.12. The zero-order valence-corrected chi connectivity index (χ0v) is 8.07. The Morgan fingerprint density at radius 3 is 2.62 bits per heavy atom. The van der Waals surface area contributed by atoms with Crippen molar-refractivity contribution in [1.29, 1.82) is 0 Å². The third kappa shape index (κ3) is 2.34. The van der Waals surface area contributed by atoms with Gasteiger partial charge in [-0.1, -0.05) is 0 Å². The average Bonchev–Trinajstić information content (AvgIpc) is 2.09. The second-order valence-corrected chi connectivity index (χ2v) is 2.99. The largest absolute Gasteiger partial charge is 0.496 e. The van der Waals surface area contributed by atoms with Gasteiger partial charge in [0.25, 0.3) is 0 Å². The van der Waals surface area contributed by atoms with E-state index < -0.39 is 11.6 Å². The lowest BCUT2D eigenvalue weighted by Crippen LogP contribution is -1.98. The van der Waals surface area contributed by atoms with Crippen LogP contribution in [0.3, 0.4) is 0 Å². The molecule has 0 atom stereocenters. The van der Waals surface area contributed by atoms with Crippen LogP contribution in [-0.4, -0.2) is 12.9 Å². The maximum absolute atomic E-state index is 13.1. The predicted octanol–water partition coefficient (Wildman–Crippen LogP) is 2.45. The molecule has 0 aromatic heterocycles. The number of thiol groups is 1. The van der Waals surface area contributed by atoms with Crippen LogP contribution >= 0.6 is 12.6 Å². The van der Waals surface area contributed by atoms with Gasteiger partial charge >= 0.3 is 0 Å². The molecule has 0 heterocycles. The summed E-state index contributed by atoms with van der Waals surface area (Å²) in [6.45, 7) is 0. The Morgan fingerprint density at radius 1 is 1.38 bits per heavy atom. The highest BCUT2D eigenvalue weighted by molar-refractivity contribution is 7.80. The van der Waals surface area contributed by atoms with Crippen molar-refractivity contribution >= 4 is 12.6 Å². The Balaban J connectivity index is 3.13. The minimum absolute atomic E-state index is 0.242. The van der Waals surface area contributed by atoms with Crippen molar-refractivity contribution in [1.82, 2.24) is 0 Å². The smallest absolute Gasteiger partial charge is 0.133 e. The predicted molar refractivity (Wildman–Crippen MR) is 50.5 cm³/mol. The maximum Gasteiger partial charge on any atom is 0.133 e. The zero-order chi connectivity index (χ0) is 9.84. The lowest BCUT2D eigenvalue weighted by atomic mass is 10.1. The first-order valence-corrected chi connectivity index (χ1v) is 4.45. The summed E-state index contributed by atoms with van der Waals surface area (Å²) in [5.74, 6) is -0.464. The van der Waals surface area contributed by atoms with Crippen LogP contribution in [0.25, 0.3) is 0 Å². The van der Waals surface area contributed by atoms with E-state index in [1.807, 2.05) is 0 Å². The first kappa shape index (κ1) is 10.3. The van der Waals surface area contributed by atoms with Gasteiger partial charge < -0.3 is 4.74 Å². The number of hydrogen-bond acceptors (Lipinski definition) is 2. The van der Waals surface area contributed by atoms with E-state index >= 15 is 0 Å². The molecule has 1 aromatic rings. The Kier molecular flexibility index (Phi) is 3.54. The SMILES string of the molecule is COc1cc(F)cc(F)c1CCS. The molecule has 0 aliphatic rings. The zero-order valence-electron chi connectivity index (χ0n) is 7.18. The van der Waals surface area contributed by atoms with Gasteiger partial charge in [-0.3, -0.25) is 0 Å². The van der Waals surface area contributed by atoms with Gasteiger partial charge in [0.05, 0.1) is 7.11 Å². The molecule has 0 fully saturated rings. The number of halogens is 2. The van der Waals surface area contributed by atoms with Crippen LogP contribution < -0.4 is 4.74 Å². The summed E-state index contributed by atoms with van der Waals surface area (Å²) < 4.78 is 30.7. The summed E-state index contributed by atoms with van der Waals surface area (Å²) >= 11 is 3.98. The molecule has 0 radical (unpaired) electrons. The van der Waals surface area contributed by atoms with Crippen LogP contribution in [0.2, 0.25) is 0 Å². The Morgan fingerprint density at radius 2 is 2.08 bits per heavy atom. The molecule has 13 heavy (non-hydrogen) atoms. The van der Waals surface area contributed by atoms with Crippen LogP contribution in [-0.2, 0) is 6.42 Å². The monoisotopic (exact) mass is 204 g/mol. The molecule has 0 saturated heterocycles. The number of benzene rings is 1. The molecule has 0 aliphatic heterocycles. The van der Waals surface area contributed by atoms with Gasteiger partial charge in [0, 0.05) is 17.7 Å². The summed E-state index contributed by atoms with van der Waals surface area (Å²) in [6.07, 6.45) is 0.429. The van der Waals surface area contributed by atoms with Gasteiger partial charge in [-0.05, 0) is 12.2 Å². The second-order valence-electron chi connectivity index (χ2n) is 2.54. The van der Waals surface area contributed by atoms with Crippen LogP contribution in [0.1, 0.15) is 5.56 Å². The molecule has 4 heteroatoms. The molecule has 72 valence electrons. The van der Waals surface area contributed by atoms with Crippen molar-refractivity contribution in [3.63, 3.8) is 0 Å². The minimum Gasteiger partial charge on any atom is -0.496 e. The molecule has 1 aromatic carbocycles. The van der Waals surface area contributed by atoms with Crippen LogP contribution in [0.15, 0.2) is 12.1 Å².